The second kappa shape index (κ2) is 7.31. The topological polar surface area (TPSA) is 45.3 Å². The average Bonchev–Trinajstić information content (AvgIpc) is 3.14. The molecule has 4 nitrogen and oxygen atoms in total. The number of aromatic amines is 1. The standard InChI is InChI=1S/C25H25BrN2O2/c1-3-23(29)28-11-10-25(16-6-4-7-18(12-16)30-2)14-22-19(13-17(25)15-28)24-20(26)8-5-9-21(24)27-22/h3-9,12,17,27H,1,10-11,13-15H2,2H3. The number of aromatic nitrogens is 1. The molecule has 1 aliphatic heterocycles. The Morgan fingerprint density at radius 1 is 1.33 bits per heavy atom. The number of benzene rings is 2. The Morgan fingerprint density at radius 3 is 2.97 bits per heavy atom. The maximum atomic E-state index is 12.4. The molecule has 0 saturated carbocycles. The molecule has 1 amide bonds. The Morgan fingerprint density at radius 2 is 2.17 bits per heavy atom. The lowest BCUT2D eigenvalue weighted by molar-refractivity contribution is -0.129. The third-order valence-corrected chi connectivity index (χ3v) is 7.75. The second-order valence-electron chi connectivity index (χ2n) is 8.45. The summed E-state index contributed by atoms with van der Waals surface area (Å²) >= 11 is 3.75. The number of carbonyl (C=O) groups is 1. The summed E-state index contributed by atoms with van der Waals surface area (Å²) in [6, 6.07) is 14.8. The largest absolute Gasteiger partial charge is 0.497 e. The van der Waals surface area contributed by atoms with Crippen molar-refractivity contribution in [1.29, 1.82) is 0 Å². The summed E-state index contributed by atoms with van der Waals surface area (Å²) in [7, 11) is 1.72. The number of nitrogens with zero attached hydrogens (tertiary/aromatic N) is 1. The van der Waals surface area contributed by atoms with E-state index < -0.39 is 0 Å². The molecule has 5 heteroatoms. The fourth-order valence-electron chi connectivity index (χ4n) is 5.57. The highest BCUT2D eigenvalue weighted by Crippen LogP contribution is 2.50. The number of carbonyl (C=O) groups excluding carboxylic acids is 1. The highest BCUT2D eigenvalue weighted by molar-refractivity contribution is 9.10. The lowest BCUT2D eigenvalue weighted by Gasteiger charge is -2.51. The van der Waals surface area contributed by atoms with Gasteiger partial charge >= 0.3 is 0 Å². The molecule has 1 fully saturated rings. The van der Waals surface area contributed by atoms with E-state index in [-0.39, 0.29) is 11.3 Å². The highest BCUT2D eigenvalue weighted by Gasteiger charge is 2.48. The lowest BCUT2D eigenvalue weighted by atomic mass is 9.58. The molecule has 2 atom stereocenters. The minimum atomic E-state index is -0.0210. The first-order valence-electron chi connectivity index (χ1n) is 10.4. The van der Waals surface area contributed by atoms with E-state index in [4.69, 9.17) is 4.74 Å². The number of hydrogen-bond acceptors (Lipinski definition) is 2. The molecule has 1 N–H and O–H groups in total. The van der Waals surface area contributed by atoms with E-state index in [1.54, 1.807) is 7.11 Å². The summed E-state index contributed by atoms with van der Waals surface area (Å²) in [6.07, 6.45) is 4.25. The van der Waals surface area contributed by atoms with Crippen LogP contribution in [0.1, 0.15) is 23.2 Å². The SMILES string of the molecule is C=CC(=O)N1CCC2(c3cccc(OC)c3)Cc3[nH]c4cccc(Br)c4c3CC2C1. The highest BCUT2D eigenvalue weighted by atomic mass is 79.9. The summed E-state index contributed by atoms with van der Waals surface area (Å²) in [5.74, 6) is 1.25. The molecular formula is C25H25BrN2O2. The van der Waals surface area contributed by atoms with Crippen molar-refractivity contribution in [3.05, 3.63) is 76.4 Å². The zero-order chi connectivity index (χ0) is 20.9. The van der Waals surface area contributed by atoms with E-state index in [1.807, 2.05) is 11.0 Å². The van der Waals surface area contributed by atoms with Gasteiger partial charge in [-0.15, -0.1) is 0 Å². The third-order valence-electron chi connectivity index (χ3n) is 7.09. The molecule has 0 spiro atoms. The van der Waals surface area contributed by atoms with E-state index in [0.29, 0.717) is 5.92 Å². The maximum absolute atomic E-state index is 12.4. The minimum absolute atomic E-state index is 0.0210. The van der Waals surface area contributed by atoms with Crippen LogP contribution in [0.15, 0.2) is 59.6 Å². The van der Waals surface area contributed by atoms with Crippen LogP contribution in [0.4, 0.5) is 0 Å². The van der Waals surface area contributed by atoms with Gasteiger partial charge in [-0.25, -0.2) is 0 Å². The number of nitrogens with one attached hydrogen (secondary N) is 1. The number of ether oxygens (including phenoxy) is 1. The minimum Gasteiger partial charge on any atom is -0.497 e. The van der Waals surface area contributed by atoms with Gasteiger partial charge in [0.05, 0.1) is 7.11 Å². The van der Waals surface area contributed by atoms with Crippen LogP contribution in [-0.4, -0.2) is 36.0 Å². The number of halogens is 1. The van der Waals surface area contributed by atoms with Crippen molar-refractivity contribution >= 4 is 32.7 Å². The van der Waals surface area contributed by atoms with Crippen LogP contribution in [0, 0.1) is 5.92 Å². The second-order valence-corrected chi connectivity index (χ2v) is 9.30. The molecule has 5 rings (SSSR count). The smallest absolute Gasteiger partial charge is 0.245 e. The van der Waals surface area contributed by atoms with Gasteiger partial charge in [0, 0.05) is 39.6 Å². The summed E-state index contributed by atoms with van der Waals surface area (Å²) in [6.45, 7) is 5.20. The predicted octanol–water partition coefficient (Wildman–Crippen LogP) is 5.01. The van der Waals surface area contributed by atoms with Crippen molar-refractivity contribution < 1.29 is 9.53 Å². The van der Waals surface area contributed by atoms with Crippen LogP contribution in [0.25, 0.3) is 10.9 Å². The molecule has 30 heavy (non-hydrogen) atoms. The van der Waals surface area contributed by atoms with E-state index in [0.717, 1.165) is 42.6 Å². The van der Waals surface area contributed by atoms with E-state index >= 15 is 0 Å². The van der Waals surface area contributed by atoms with Gasteiger partial charge in [-0.3, -0.25) is 4.79 Å². The Hall–Kier alpha value is -2.53. The van der Waals surface area contributed by atoms with Crippen molar-refractivity contribution in [3.8, 4) is 5.75 Å². The van der Waals surface area contributed by atoms with Gasteiger partial charge in [0.25, 0.3) is 0 Å². The number of rotatable bonds is 3. The lowest BCUT2D eigenvalue weighted by Crippen LogP contribution is -2.54. The van der Waals surface area contributed by atoms with Gasteiger partial charge in [-0.05, 0) is 66.6 Å². The Bertz CT molecular complexity index is 1150. The van der Waals surface area contributed by atoms with Crippen molar-refractivity contribution in [2.45, 2.75) is 24.7 Å². The molecule has 1 aromatic heterocycles. The number of likely N-dealkylation sites (tertiary alicyclic amines) is 1. The predicted molar refractivity (Wildman–Crippen MR) is 123 cm³/mol. The molecule has 154 valence electrons. The number of piperidine rings is 1. The summed E-state index contributed by atoms with van der Waals surface area (Å²) in [5.41, 5.74) is 5.16. The van der Waals surface area contributed by atoms with Gasteiger partial charge in [0.2, 0.25) is 5.91 Å². The maximum Gasteiger partial charge on any atom is 0.245 e. The van der Waals surface area contributed by atoms with Crippen LogP contribution in [0.5, 0.6) is 5.75 Å². The van der Waals surface area contributed by atoms with Crippen molar-refractivity contribution in [2.24, 2.45) is 5.92 Å². The van der Waals surface area contributed by atoms with E-state index in [9.17, 15) is 4.79 Å². The molecule has 2 unspecified atom stereocenters. The molecule has 2 aromatic carbocycles. The van der Waals surface area contributed by atoms with Crippen molar-refractivity contribution in [1.82, 2.24) is 9.88 Å². The molecule has 2 aliphatic rings. The van der Waals surface area contributed by atoms with Gasteiger partial charge in [0.1, 0.15) is 5.75 Å². The van der Waals surface area contributed by atoms with Gasteiger partial charge in [-0.1, -0.05) is 40.7 Å². The normalized spacial score (nSPS) is 23.0. The Kier molecular flexibility index (Phi) is 4.73. The van der Waals surface area contributed by atoms with Crippen molar-refractivity contribution in [3.63, 3.8) is 0 Å². The molecule has 1 saturated heterocycles. The van der Waals surface area contributed by atoms with Crippen LogP contribution >= 0.6 is 15.9 Å². The zero-order valence-corrected chi connectivity index (χ0v) is 18.7. The molecule has 0 bridgehead atoms. The molecule has 2 heterocycles. The number of methoxy groups -OCH3 is 1. The van der Waals surface area contributed by atoms with E-state index in [2.05, 4.69) is 63.9 Å². The first-order chi connectivity index (χ1) is 14.6. The monoisotopic (exact) mass is 464 g/mol. The van der Waals surface area contributed by atoms with Crippen LogP contribution < -0.4 is 4.74 Å². The first kappa shape index (κ1) is 19.4. The fraction of sp³-hybridized carbons (Fsp3) is 0.320. The summed E-state index contributed by atoms with van der Waals surface area (Å²) < 4.78 is 6.67. The van der Waals surface area contributed by atoms with Crippen LogP contribution in [-0.2, 0) is 23.1 Å². The first-order valence-corrected chi connectivity index (χ1v) is 11.2. The Balaban J connectivity index is 1.65. The van der Waals surface area contributed by atoms with Gasteiger partial charge < -0.3 is 14.6 Å². The van der Waals surface area contributed by atoms with Crippen molar-refractivity contribution in [2.75, 3.05) is 20.2 Å². The molecular weight excluding hydrogens is 440 g/mol. The molecule has 1 aliphatic carbocycles. The number of hydrogen-bond donors (Lipinski definition) is 1. The van der Waals surface area contributed by atoms with E-state index in [1.165, 1.54) is 33.8 Å². The number of fused-ring (bicyclic) bond motifs is 4. The quantitative estimate of drug-likeness (QED) is 0.553. The Labute approximate surface area is 185 Å². The van der Waals surface area contributed by atoms with Gasteiger partial charge in [0.15, 0.2) is 0 Å². The average molecular weight is 465 g/mol. The number of amides is 1. The third kappa shape index (κ3) is 2.90. The number of H-pyrrole nitrogens is 1. The van der Waals surface area contributed by atoms with Gasteiger partial charge in [-0.2, -0.15) is 0 Å². The fourth-order valence-corrected chi connectivity index (χ4v) is 6.17. The molecule has 0 radical (unpaired) electrons. The van der Waals surface area contributed by atoms with Crippen LogP contribution in [0.2, 0.25) is 0 Å². The van der Waals surface area contributed by atoms with Crippen LogP contribution in [0.3, 0.4) is 0 Å². The summed E-state index contributed by atoms with van der Waals surface area (Å²) in [4.78, 5) is 18.1. The zero-order valence-electron chi connectivity index (χ0n) is 17.1. The molecule has 3 aromatic rings. The summed E-state index contributed by atoms with van der Waals surface area (Å²) in [5, 5.41) is 1.28.